The molecular formula is C12H15NO2. The van der Waals surface area contributed by atoms with Crippen molar-refractivity contribution < 1.29 is 9.59 Å². The van der Waals surface area contributed by atoms with Gasteiger partial charge in [-0.2, -0.15) is 0 Å². The summed E-state index contributed by atoms with van der Waals surface area (Å²) >= 11 is 0. The topological polar surface area (TPSA) is 46.2 Å². The minimum Gasteiger partial charge on any atom is -0.352 e. The van der Waals surface area contributed by atoms with Gasteiger partial charge in [-0.05, 0) is 31.5 Å². The summed E-state index contributed by atoms with van der Waals surface area (Å²) in [4.78, 5) is 22.4. The number of carbonyl (C=O) groups is 2. The number of carbonyl (C=O) groups excluding carboxylic acids is 2. The first-order chi connectivity index (χ1) is 7.13. The van der Waals surface area contributed by atoms with Gasteiger partial charge in [0, 0.05) is 18.5 Å². The number of nitrogens with one attached hydrogen (secondary N) is 1. The maximum Gasteiger partial charge on any atom is 0.251 e. The first kappa shape index (κ1) is 11.4. The number of benzene rings is 1. The van der Waals surface area contributed by atoms with Crippen LogP contribution in [0.25, 0.3) is 0 Å². The summed E-state index contributed by atoms with van der Waals surface area (Å²) in [5.74, 6) is 0.00551. The molecule has 0 unspecified atom stereocenters. The van der Waals surface area contributed by atoms with Crippen LogP contribution in [0, 0.1) is 0 Å². The standard InChI is InChI=1S/C12H15NO2/c1-3-13-12(15)11-6-4-5-10(8-11)7-9(2)14/h4-6,8H,3,7H2,1-2H3,(H,13,15). The molecule has 0 saturated carbocycles. The van der Waals surface area contributed by atoms with Crippen molar-refractivity contribution in [3.63, 3.8) is 0 Å². The van der Waals surface area contributed by atoms with Gasteiger partial charge < -0.3 is 5.32 Å². The van der Waals surface area contributed by atoms with Crippen LogP contribution in [0.1, 0.15) is 29.8 Å². The summed E-state index contributed by atoms with van der Waals surface area (Å²) in [7, 11) is 0. The molecule has 1 amide bonds. The van der Waals surface area contributed by atoms with Crippen molar-refractivity contribution in [2.24, 2.45) is 0 Å². The Morgan fingerprint density at radius 3 is 2.67 bits per heavy atom. The zero-order valence-corrected chi connectivity index (χ0v) is 9.04. The molecule has 15 heavy (non-hydrogen) atoms. The highest BCUT2D eigenvalue weighted by Crippen LogP contribution is 2.06. The molecule has 0 aliphatic rings. The van der Waals surface area contributed by atoms with E-state index >= 15 is 0 Å². The molecule has 0 aliphatic heterocycles. The van der Waals surface area contributed by atoms with Crippen LogP contribution in [-0.4, -0.2) is 18.2 Å². The molecule has 0 aromatic heterocycles. The lowest BCUT2D eigenvalue weighted by Gasteiger charge is -2.04. The first-order valence-corrected chi connectivity index (χ1v) is 5.00. The van der Waals surface area contributed by atoms with Crippen molar-refractivity contribution in [1.82, 2.24) is 5.32 Å². The molecule has 0 fully saturated rings. The minimum atomic E-state index is -0.0945. The van der Waals surface area contributed by atoms with E-state index in [1.807, 2.05) is 13.0 Å². The molecule has 0 saturated heterocycles. The lowest BCUT2D eigenvalue weighted by molar-refractivity contribution is -0.116. The van der Waals surface area contributed by atoms with Gasteiger partial charge in [0.05, 0.1) is 0 Å². The highest BCUT2D eigenvalue weighted by Gasteiger charge is 2.05. The second kappa shape index (κ2) is 5.29. The second-order valence-corrected chi connectivity index (χ2v) is 3.44. The van der Waals surface area contributed by atoms with Crippen LogP contribution in [0.2, 0.25) is 0 Å². The van der Waals surface area contributed by atoms with Gasteiger partial charge >= 0.3 is 0 Å². The molecule has 0 radical (unpaired) electrons. The molecule has 0 heterocycles. The summed E-state index contributed by atoms with van der Waals surface area (Å²) < 4.78 is 0. The SMILES string of the molecule is CCNC(=O)c1cccc(CC(C)=O)c1. The molecule has 1 aromatic carbocycles. The minimum absolute atomic E-state index is 0.0945. The molecule has 0 spiro atoms. The quantitative estimate of drug-likeness (QED) is 0.811. The summed E-state index contributed by atoms with van der Waals surface area (Å²) in [5, 5.41) is 2.72. The van der Waals surface area contributed by atoms with Crippen molar-refractivity contribution >= 4 is 11.7 Å². The molecule has 0 bridgehead atoms. The summed E-state index contributed by atoms with van der Waals surface area (Å²) in [6.07, 6.45) is 0.382. The highest BCUT2D eigenvalue weighted by molar-refractivity contribution is 5.94. The molecule has 3 nitrogen and oxygen atoms in total. The largest absolute Gasteiger partial charge is 0.352 e. The number of ketones is 1. The average molecular weight is 205 g/mol. The van der Waals surface area contributed by atoms with Gasteiger partial charge in [-0.1, -0.05) is 12.1 Å². The zero-order chi connectivity index (χ0) is 11.3. The van der Waals surface area contributed by atoms with Crippen LogP contribution >= 0.6 is 0 Å². The fourth-order valence-corrected chi connectivity index (χ4v) is 1.37. The van der Waals surface area contributed by atoms with Gasteiger partial charge in [-0.25, -0.2) is 0 Å². The van der Waals surface area contributed by atoms with Gasteiger partial charge in [0.2, 0.25) is 0 Å². The number of amides is 1. The molecule has 0 aliphatic carbocycles. The Bertz CT molecular complexity index is 372. The fraction of sp³-hybridized carbons (Fsp3) is 0.333. The Labute approximate surface area is 89.5 Å². The molecule has 0 atom stereocenters. The number of Topliss-reactive ketones (excluding diaryl/α,β-unsaturated/α-hetero) is 1. The predicted molar refractivity (Wildman–Crippen MR) is 58.8 cm³/mol. The van der Waals surface area contributed by atoms with Crippen LogP contribution in [0.4, 0.5) is 0 Å². The molecule has 1 aromatic rings. The Kier molecular flexibility index (Phi) is 4.03. The van der Waals surface area contributed by atoms with Crippen LogP contribution in [0.3, 0.4) is 0 Å². The number of hydrogen-bond donors (Lipinski definition) is 1. The molecule has 80 valence electrons. The van der Waals surface area contributed by atoms with Crippen LogP contribution in [0.5, 0.6) is 0 Å². The lowest BCUT2D eigenvalue weighted by atomic mass is 10.1. The van der Waals surface area contributed by atoms with Crippen LogP contribution in [-0.2, 0) is 11.2 Å². The second-order valence-electron chi connectivity index (χ2n) is 3.44. The number of rotatable bonds is 4. The van der Waals surface area contributed by atoms with Crippen LogP contribution in [0.15, 0.2) is 24.3 Å². The van der Waals surface area contributed by atoms with E-state index in [0.29, 0.717) is 18.5 Å². The predicted octanol–water partition coefficient (Wildman–Crippen LogP) is 1.57. The molecule has 1 N–H and O–H groups in total. The average Bonchev–Trinajstić information content (AvgIpc) is 2.17. The summed E-state index contributed by atoms with van der Waals surface area (Å²) in [6, 6.07) is 7.15. The van der Waals surface area contributed by atoms with Gasteiger partial charge in [-0.3, -0.25) is 9.59 Å². The van der Waals surface area contributed by atoms with E-state index in [4.69, 9.17) is 0 Å². The van der Waals surface area contributed by atoms with Gasteiger partial charge in [0.1, 0.15) is 5.78 Å². The van der Waals surface area contributed by atoms with Crippen molar-refractivity contribution in [2.75, 3.05) is 6.54 Å². The first-order valence-electron chi connectivity index (χ1n) is 5.00. The molecular weight excluding hydrogens is 190 g/mol. The van der Waals surface area contributed by atoms with E-state index < -0.39 is 0 Å². The van der Waals surface area contributed by atoms with E-state index in [0.717, 1.165) is 5.56 Å². The third-order valence-electron chi connectivity index (χ3n) is 1.98. The fourth-order valence-electron chi connectivity index (χ4n) is 1.37. The van der Waals surface area contributed by atoms with Crippen molar-refractivity contribution in [1.29, 1.82) is 0 Å². The van der Waals surface area contributed by atoms with Gasteiger partial charge in [-0.15, -0.1) is 0 Å². The van der Waals surface area contributed by atoms with Crippen molar-refractivity contribution in [3.8, 4) is 0 Å². The zero-order valence-electron chi connectivity index (χ0n) is 9.04. The smallest absolute Gasteiger partial charge is 0.251 e. The third kappa shape index (κ3) is 3.54. The maximum atomic E-state index is 11.5. The van der Waals surface area contributed by atoms with Crippen LogP contribution < -0.4 is 5.32 Å². The van der Waals surface area contributed by atoms with E-state index in [1.165, 1.54) is 0 Å². The highest BCUT2D eigenvalue weighted by atomic mass is 16.1. The number of hydrogen-bond acceptors (Lipinski definition) is 2. The lowest BCUT2D eigenvalue weighted by Crippen LogP contribution is -2.22. The monoisotopic (exact) mass is 205 g/mol. The van der Waals surface area contributed by atoms with Gasteiger partial charge in [0.25, 0.3) is 5.91 Å². The summed E-state index contributed by atoms with van der Waals surface area (Å²) in [6.45, 7) is 4.02. The van der Waals surface area contributed by atoms with E-state index in [-0.39, 0.29) is 11.7 Å². The Morgan fingerprint density at radius 2 is 2.07 bits per heavy atom. The Balaban J connectivity index is 2.82. The van der Waals surface area contributed by atoms with Crippen molar-refractivity contribution in [2.45, 2.75) is 20.3 Å². The Morgan fingerprint density at radius 1 is 1.33 bits per heavy atom. The van der Waals surface area contributed by atoms with E-state index in [9.17, 15) is 9.59 Å². The van der Waals surface area contributed by atoms with E-state index in [2.05, 4.69) is 5.32 Å². The normalized spacial score (nSPS) is 9.73. The third-order valence-corrected chi connectivity index (χ3v) is 1.98. The molecule has 1 rings (SSSR count). The van der Waals surface area contributed by atoms with Crippen molar-refractivity contribution in [3.05, 3.63) is 35.4 Å². The molecule has 3 heteroatoms. The van der Waals surface area contributed by atoms with E-state index in [1.54, 1.807) is 25.1 Å². The van der Waals surface area contributed by atoms with Gasteiger partial charge in [0.15, 0.2) is 0 Å². The summed E-state index contributed by atoms with van der Waals surface area (Å²) in [5.41, 5.74) is 1.49. The Hall–Kier alpha value is -1.64. The maximum absolute atomic E-state index is 11.5.